The van der Waals surface area contributed by atoms with Gasteiger partial charge in [-0.15, -0.1) is 0 Å². The third kappa shape index (κ3) is 3.11. The smallest absolute Gasteiger partial charge is 0.107 e. The first-order valence-corrected chi connectivity index (χ1v) is 5.81. The Morgan fingerprint density at radius 1 is 1.40 bits per heavy atom. The number of aliphatic hydroxyl groups excluding tert-OH is 2. The van der Waals surface area contributed by atoms with E-state index in [0.717, 1.165) is 5.56 Å². The van der Waals surface area contributed by atoms with E-state index in [2.05, 4.69) is 12.6 Å². The molecule has 1 aromatic carbocycles. The second-order valence-electron chi connectivity index (χ2n) is 3.49. The Hall–Kier alpha value is -0.220. The minimum atomic E-state index is -0.939. The van der Waals surface area contributed by atoms with E-state index in [0.29, 0.717) is 22.8 Å². The van der Waals surface area contributed by atoms with Crippen LogP contribution in [0.3, 0.4) is 0 Å². The van der Waals surface area contributed by atoms with Gasteiger partial charge < -0.3 is 10.2 Å². The van der Waals surface area contributed by atoms with Crippen molar-refractivity contribution in [1.29, 1.82) is 0 Å². The zero-order chi connectivity index (χ0) is 11.4. The van der Waals surface area contributed by atoms with Crippen molar-refractivity contribution in [3.05, 3.63) is 34.3 Å². The average Bonchev–Trinajstić information content (AvgIpc) is 2.17. The molecular weight excluding hydrogens is 232 g/mol. The van der Waals surface area contributed by atoms with E-state index in [9.17, 15) is 10.2 Å². The lowest BCUT2D eigenvalue weighted by Crippen LogP contribution is -2.19. The molecule has 15 heavy (non-hydrogen) atoms. The summed E-state index contributed by atoms with van der Waals surface area (Å²) in [5.74, 6) is 0.529. The Morgan fingerprint density at radius 3 is 2.60 bits per heavy atom. The second kappa shape index (κ2) is 5.75. The normalized spacial score (nSPS) is 15.0. The van der Waals surface area contributed by atoms with Gasteiger partial charge in [0.25, 0.3) is 0 Å². The first kappa shape index (κ1) is 12.8. The van der Waals surface area contributed by atoms with Crippen LogP contribution in [0, 0.1) is 6.92 Å². The van der Waals surface area contributed by atoms with E-state index in [1.54, 1.807) is 6.07 Å². The standard InChI is InChI=1S/C11H15ClO2S/c1-7-3-2-4-8(12)10(7)11(14)9(13)5-6-15/h2-4,9,11,13-15H,5-6H2,1H3. The summed E-state index contributed by atoms with van der Waals surface area (Å²) in [6.07, 6.45) is -1.32. The summed E-state index contributed by atoms with van der Waals surface area (Å²) in [5.41, 5.74) is 1.49. The molecule has 2 unspecified atom stereocenters. The molecule has 0 radical (unpaired) electrons. The Kier molecular flexibility index (Phi) is 4.93. The summed E-state index contributed by atoms with van der Waals surface area (Å²) < 4.78 is 0. The van der Waals surface area contributed by atoms with E-state index < -0.39 is 12.2 Å². The first-order valence-electron chi connectivity index (χ1n) is 4.80. The minimum absolute atomic E-state index is 0.439. The molecule has 2 nitrogen and oxygen atoms in total. The van der Waals surface area contributed by atoms with E-state index in [4.69, 9.17) is 11.6 Å². The number of halogens is 1. The van der Waals surface area contributed by atoms with Crippen molar-refractivity contribution in [2.45, 2.75) is 25.6 Å². The van der Waals surface area contributed by atoms with Gasteiger partial charge in [-0.2, -0.15) is 12.6 Å². The van der Waals surface area contributed by atoms with Gasteiger partial charge in [-0.1, -0.05) is 23.7 Å². The SMILES string of the molecule is Cc1cccc(Cl)c1C(O)C(O)CCS. The second-order valence-corrected chi connectivity index (χ2v) is 4.35. The van der Waals surface area contributed by atoms with Crippen LogP contribution in [0.1, 0.15) is 23.7 Å². The highest BCUT2D eigenvalue weighted by Gasteiger charge is 2.21. The van der Waals surface area contributed by atoms with Crippen LogP contribution in [0.2, 0.25) is 5.02 Å². The average molecular weight is 247 g/mol. The summed E-state index contributed by atoms with van der Waals surface area (Å²) in [6, 6.07) is 5.39. The van der Waals surface area contributed by atoms with E-state index in [1.165, 1.54) is 0 Å². The lowest BCUT2D eigenvalue weighted by molar-refractivity contribution is 0.0169. The number of thiol groups is 1. The molecule has 2 N–H and O–H groups in total. The highest BCUT2D eigenvalue weighted by molar-refractivity contribution is 7.80. The van der Waals surface area contributed by atoms with Crippen molar-refractivity contribution in [3.63, 3.8) is 0 Å². The van der Waals surface area contributed by atoms with Crippen LogP contribution in [0.5, 0.6) is 0 Å². The third-order valence-electron chi connectivity index (χ3n) is 2.36. The van der Waals surface area contributed by atoms with Gasteiger partial charge in [0.2, 0.25) is 0 Å². The monoisotopic (exact) mass is 246 g/mol. The fourth-order valence-corrected chi connectivity index (χ4v) is 2.10. The first-order chi connectivity index (χ1) is 7.07. The lowest BCUT2D eigenvalue weighted by atomic mass is 9.98. The number of hydrogen-bond donors (Lipinski definition) is 3. The van der Waals surface area contributed by atoms with Gasteiger partial charge in [0.1, 0.15) is 6.10 Å². The molecule has 0 aliphatic heterocycles. The maximum atomic E-state index is 9.91. The zero-order valence-corrected chi connectivity index (χ0v) is 10.2. The highest BCUT2D eigenvalue weighted by Crippen LogP contribution is 2.29. The van der Waals surface area contributed by atoms with Crippen LogP contribution >= 0.6 is 24.2 Å². The molecule has 0 aromatic heterocycles. The number of aryl methyl sites for hydroxylation is 1. The fraction of sp³-hybridized carbons (Fsp3) is 0.455. The molecule has 0 fully saturated rings. The molecule has 4 heteroatoms. The molecular formula is C11H15ClO2S. The molecule has 0 saturated carbocycles. The summed E-state index contributed by atoms with van der Waals surface area (Å²) >= 11 is 9.99. The lowest BCUT2D eigenvalue weighted by Gasteiger charge is -2.20. The fourth-order valence-electron chi connectivity index (χ4n) is 1.50. The number of aliphatic hydroxyl groups is 2. The van der Waals surface area contributed by atoms with Gasteiger partial charge >= 0.3 is 0 Å². The maximum absolute atomic E-state index is 9.91. The van der Waals surface area contributed by atoms with Crippen LogP contribution in [0.4, 0.5) is 0 Å². The number of hydrogen-bond acceptors (Lipinski definition) is 3. The predicted octanol–water partition coefficient (Wildman–Crippen LogP) is 2.36. The molecule has 0 saturated heterocycles. The molecule has 0 heterocycles. The molecule has 1 rings (SSSR count). The third-order valence-corrected chi connectivity index (χ3v) is 2.94. The summed E-state index contributed by atoms with van der Waals surface area (Å²) in [5, 5.41) is 20.1. The van der Waals surface area contributed by atoms with Crippen LogP contribution in [-0.4, -0.2) is 22.1 Å². The molecule has 0 spiro atoms. The summed E-state index contributed by atoms with van der Waals surface area (Å²) in [7, 11) is 0. The molecule has 1 aromatic rings. The number of benzene rings is 1. The largest absolute Gasteiger partial charge is 0.390 e. The predicted molar refractivity (Wildman–Crippen MR) is 65.6 cm³/mol. The maximum Gasteiger partial charge on any atom is 0.107 e. The van der Waals surface area contributed by atoms with Crippen LogP contribution in [0.25, 0.3) is 0 Å². The van der Waals surface area contributed by atoms with E-state index in [-0.39, 0.29) is 0 Å². The Labute approximate surface area is 100 Å². The molecule has 0 amide bonds. The highest BCUT2D eigenvalue weighted by atomic mass is 35.5. The van der Waals surface area contributed by atoms with Crippen LogP contribution < -0.4 is 0 Å². The van der Waals surface area contributed by atoms with Gasteiger partial charge in [-0.05, 0) is 30.7 Å². The molecule has 0 aliphatic rings. The van der Waals surface area contributed by atoms with Gasteiger partial charge in [0.05, 0.1) is 6.10 Å². The van der Waals surface area contributed by atoms with Crippen molar-refractivity contribution in [2.75, 3.05) is 5.75 Å². The van der Waals surface area contributed by atoms with Crippen LogP contribution in [0.15, 0.2) is 18.2 Å². The number of rotatable bonds is 4. The zero-order valence-electron chi connectivity index (χ0n) is 8.52. The Morgan fingerprint density at radius 2 is 2.07 bits per heavy atom. The van der Waals surface area contributed by atoms with Gasteiger partial charge in [-0.25, -0.2) is 0 Å². The summed E-state index contributed by atoms with van der Waals surface area (Å²) in [4.78, 5) is 0. The topological polar surface area (TPSA) is 40.5 Å². The summed E-state index contributed by atoms with van der Waals surface area (Å²) in [6.45, 7) is 1.86. The molecule has 2 atom stereocenters. The molecule has 0 bridgehead atoms. The van der Waals surface area contributed by atoms with Crippen molar-refractivity contribution in [1.82, 2.24) is 0 Å². The van der Waals surface area contributed by atoms with E-state index in [1.807, 2.05) is 19.1 Å². The van der Waals surface area contributed by atoms with Crippen LogP contribution in [-0.2, 0) is 0 Å². The Bertz CT molecular complexity index is 310. The van der Waals surface area contributed by atoms with E-state index >= 15 is 0 Å². The van der Waals surface area contributed by atoms with Crippen molar-refractivity contribution in [3.8, 4) is 0 Å². The van der Waals surface area contributed by atoms with Gasteiger partial charge in [0.15, 0.2) is 0 Å². The van der Waals surface area contributed by atoms with Gasteiger partial charge in [0, 0.05) is 10.6 Å². The van der Waals surface area contributed by atoms with Crippen molar-refractivity contribution < 1.29 is 10.2 Å². The molecule has 84 valence electrons. The van der Waals surface area contributed by atoms with Crippen molar-refractivity contribution >= 4 is 24.2 Å². The quantitative estimate of drug-likeness (QED) is 0.714. The van der Waals surface area contributed by atoms with Crippen molar-refractivity contribution in [2.24, 2.45) is 0 Å². The minimum Gasteiger partial charge on any atom is -0.390 e. The Balaban J connectivity index is 2.94. The molecule has 0 aliphatic carbocycles. The van der Waals surface area contributed by atoms with Gasteiger partial charge in [-0.3, -0.25) is 0 Å².